The second-order valence-corrected chi connectivity index (χ2v) is 4.46. The van der Waals surface area contributed by atoms with Crippen molar-refractivity contribution >= 4 is 34.6 Å². The molecule has 0 aliphatic heterocycles. The lowest BCUT2D eigenvalue weighted by atomic mass is 10.00. The molecule has 0 aromatic heterocycles. The van der Waals surface area contributed by atoms with Crippen molar-refractivity contribution < 1.29 is 4.79 Å². The van der Waals surface area contributed by atoms with E-state index in [4.69, 9.17) is 33.7 Å². The molecule has 0 unspecified atom stereocenters. The Morgan fingerprint density at radius 3 is 2.12 bits per heavy atom. The van der Waals surface area contributed by atoms with Crippen molar-refractivity contribution in [1.29, 1.82) is 10.5 Å². The molecule has 2 rings (SSSR count). The van der Waals surface area contributed by atoms with Crippen LogP contribution in [0, 0.1) is 22.7 Å². The number of nitriles is 2. The fraction of sp³-hybridized carbons (Fsp3) is 0.0833. The summed E-state index contributed by atoms with van der Waals surface area (Å²) < 4.78 is 0.0192. The minimum atomic E-state index is -0.144. The Morgan fingerprint density at radius 1 is 1.12 bits per heavy atom. The number of hydrogen-bond donors (Lipinski definition) is 0. The first kappa shape index (κ1) is 11.7. The molecule has 0 bridgehead atoms. The first-order chi connectivity index (χ1) is 8.08. The summed E-state index contributed by atoms with van der Waals surface area (Å²) in [7, 11) is 0. The van der Waals surface area contributed by atoms with E-state index >= 15 is 0 Å². The summed E-state index contributed by atoms with van der Waals surface area (Å²) in [6.45, 7) is 0. The van der Waals surface area contributed by atoms with E-state index in [0.29, 0.717) is 16.7 Å². The number of carbonyl (C=O) groups is 1. The van der Waals surface area contributed by atoms with Gasteiger partial charge < -0.3 is 0 Å². The number of rotatable bonds is 0. The third-order valence-electron chi connectivity index (χ3n) is 2.59. The third kappa shape index (κ3) is 1.80. The van der Waals surface area contributed by atoms with Crippen LogP contribution in [0.2, 0.25) is 0 Å². The van der Waals surface area contributed by atoms with Crippen LogP contribution in [-0.4, -0.2) is 5.78 Å². The molecule has 0 radical (unpaired) electrons. The zero-order chi connectivity index (χ0) is 12.6. The maximum atomic E-state index is 11.7. The summed E-state index contributed by atoms with van der Waals surface area (Å²) in [6, 6.07) is 6.69. The van der Waals surface area contributed by atoms with Crippen LogP contribution in [0.1, 0.15) is 33.5 Å². The molecule has 0 heterocycles. The molecule has 0 amide bonds. The number of fused-ring (bicyclic) bond motifs is 1. The smallest absolute Gasteiger partial charge is 0.168 e. The molecule has 82 valence electrons. The topological polar surface area (TPSA) is 64.7 Å². The summed E-state index contributed by atoms with van der Waals surface area (Å²) in [5.41, 5.74) is 1.86. The first-order valence-electron chi connectivity index (χ1n) is 4.64. The maximum Gasteiger partial charge on any atom is 0.168 e. The van der Waals surface area contributed by atoms with E-state index in [2.05, 4.69) is 0 Å². The van der Waals surface area contributed by atoms with Gasteiger partial charge in [-0.05, 0) is 23.3 Å². The van der Waals surface area contributed by atoms with Crippen molar-refractivity contribution in [2.75, 3.05) is 0 Å². The molecule has 1 aliphatic rings. The normalized spacial score (nSPS) is 12.9. The number of Topliss-reactive ketones (excluding diaryl/α,β-unsaturated/α-hetero) is 1. The van der Waals surface area contributed by atoms with Gasteiger partial charge in [0.2, 0.25) is 0 Å². The van der Waals surface area contributed by atoms with Crippen LogP contribution in [0.25, 0.3) is 5.57 Å². The van der Waals surface area contributed by atoms with Crippen LogP contribution < -0.4 is 0 Å². The van der Waals surface area contributed by atoms with Crippen molar-refractivity contribution in [3.63, 3.8) is 0 Å². The largest absolute Gasteiger partial charge is 0.294 e. The third-order valence-corrected chi connectivity index (χ3v) is 3.05. The summed E-state index contributed by atoms with van der Waals surface area (Å²) in [6.07, 6.45) is 0.109. The summed E-state index contributed by atoms with van der Waals surface area (Å²) in [4.78, 5) is 11.7. The predicted octanol–water partition coefficient (Wildman–Crippen LogP) is 3.16. The fourth-order valence-electron chi connectivity index (χ4n) is 1.78. The van der Waals surface area contributed by atoms with Gasteiger partial charge in [-0.3, -0.25) is 4.79 Å². The van der Waals surface area contributed by atoms with Crippen molar-refractivity contribution in [2.45, 2.75) is 6.42 Å². The summed E-state index contributed by atoms with van der Waals surface area (Å²) in [5, 5.41) is 17.8. The number of benzene rings is 1. The van der Waals surface area contributed by atoms with Crippen LogP contribution in [0.4, 0.5) is 0 Å². The summed E-state index contributed by atoms with van der Waals surface area (Å²) >= 11 is 11.4. The average molecular weight is 263 g/mol. The molecule has 0 fully saturated rings. The number of ketones is 1. The Balaban J connectivity index is 2.79. The van der Waals surface area contributed by atoms with Crippen molar-refractivity contribution in [1.82, 2.24) is 0 Å². The van der Waals surface area contributed by atoms with Gasteiger partial charge in [0.05, 0.1) is 11.1 Å². The number of carbonyl (C=O) groups excluding carboxylic acids is 1. The molecule has 1 aromatic carbocycles. The Bertz CT molecular complexity index is 644. The van der Waals surface area contributed by atoms with Gasteiger partial charge in [0, 0.05) is 12.0 Å². The highest BCUT2D eigenvalue weighted by atomic mass is 35.5. The Labute approximate surface area is 107 Å². The minimum absolute atomic E-state index is 0.0192. The van der Waals surface area contributed by atoms with Gasteiger partial charge in [-0.1, -0.05) is 23.2 Å². The highest BCUT2D eigenvalue weighted by molar-refractivity contribution is 6.59. The lowest BCUT2D eigenvalue weighted by molar-refractivity contribution is 0.100. The first-order valence-corrected chi connectivity index (χ1v) is 5.40. The van der Waals surface area contributed by atoms with E-state index in [-0.39, 0.29) is 27.8 Å². The molecule has 1 aromatic rings. The zero-order valence-electron chi connectivity index (χ0n) is 8.42. The molecule has 0 saturated carbocycles. The maximum absolute atomic E-state index is 11.7. The van der Waals surface area contributed by atoms with E-state index in [1.54, 1.807) is 0 Å². The van der Waals surface area contributed by atoms with E-state index in [0.717, 1.165) is 0 Å². The monoisotopic (exact) mass is 262 g/mol. The lowest BCUT2D eigenvalue weighted by Crippen LogP contribution is -1.94. The fourth-order valence-corrected chi connectivity index (χ4v) is 2.12. The molecule has 17 heavy (non-hydrogen) atoms. The molecule has 0 saturated heterocycles. The van der Waals surface area contributed by atoms with E-state index in [1.165, 1.54) is 12.1 Å². The van der Waals surface area contributed by atoms with Gasteiger partial charge in [-0.25, -0.2) is 0 Å². The number of nitrogens with zero attached hydrogens (tertiary/aromatic N) is 2. The second-order valence-electron chi connectivity index (χ2n) is 3.51. The molecule has 3 nitrogen and oxygen atoms in total. The van der Waals surface area contributed by atoms with Crippen LogP contribution in [0.5, 0.6) is 0 Å². The van der Waals surface area contributed by atoms with Gasteiger partial charge in [0.1, 0.15) is 16.6 Å². The minimum Gasteiger partial charge on any atom is -0.294 e. The second kappa shape index (κ2) is 4.22. The Morgan fingerprint density at radius 2 is 1.65 bits per heavy atom. The lowest BCUT2D eigenvalue weighted by Gasteiger charge is -2.02. The molecular weight excluding hydrogens is 259 g/mol. The van der Waals surface area contributed by atoms with Gasteiger partial charge in [-0.2, -0.15) is 10.5 Å². The quantitative estimate of drug-likeness (QED) is 0.722. The number of allylic oxidation sites excluding steroid dienone is 1. The van der Waals surface area contributed by atoms with Crippen LogP contribution in [0.3, 0.4) is 0 Å². The van der Waals surface area contributed by atoms with E-state index in [9.17, 15) is 4.79 Å². The molecule has 0 atom stereocenters. The number of hydrogen-bond acceptors (Lipinski definition) is 3. The molecule has 0 spiro atoms. The summed E-state index contributed by atoms with van der Waals surface area (Å²) in [5.74, 6) is -0.144. The van der Waals surface area contributed by atoms with E-state index < -0.39 is 0 Å². The van der Waals surface area contributed by atoms with Gasteiger partial charge in [-0.15, -0.1) is 0 Å². The Hall–Kier alpha value is -1.81. The van der Waals surface area contributed by atoms with Crippen molar-refractivity contribution in [2.24, 2.45) is 0 Å². The predicted molar refractivity (Wildman–Crippen MR) is 63.4 cm³/mol. The van der Waals surface area contributed by atoms with Crippen molar-refractivity contribution in [3.8, 4) is 12.1 Å². The Kier molecular flexibility index (Phi) is 2.90. The van der Waals surface area contributed by atoms with E-state index in [1.807, 2.05) is 12.1 Å². The highest BCUT2D eigenvalue weighted by Crippen LogP contribution is 2.38. The molecular formula is C12H4Cl2N2O. The number of halogens is 2. The van der Waals surface area contributed by atoms with Gasteiger partial charge >= 0.3 is 0 Å². The van der Waals surface area contributed by atoms with Crippen LogP contribution >= 0.6 is 23.2 Å². The average Bonchev–Trinajstić information content (AvgIpc) is 2.64. The highest BCUT2D eigenvalue weighted by Gasteiger charge is 2.27. The standard InChI is InChI=1S/C12H4Cl2N2O/c13-12(14)10-3-11(17)9-2-7(5-16)6(4-15)1-8(9)10/h1-2H,3H2. The van der Waals surface area contributed by atoms with Crippen LogP contribution in [0.15, 0.2) is 16.6 Å². The van der Waals surface area contributed by atoms with Gasteiger partial charge in [0.15, 0.2) is 5.78 Å². The molecule has 5 heteroatoms. The van der Waals surface area contributed by atoms with Crippen molar-refractivity contribution in [3.05, 3.63) is 38.9 Å². The SMILES string of the molecule is N#Cc1cc2c(cc1C#N)C(=C(Cl)Cl)CC2=O. The zero-order valence-corrected chi connectivity index (χ0v) is 9.93. The van der Waals surface area contributed by atoms with Gasteiger partial charge in [0.25, 0.3) is 0 Å². The molecule has 0 N–H and O–H groups in total. The molecule has 1 aliphatic carbocycles. The van der Waals surface area contributed by atoms with Crippen LogP contribution in [-0.2, 0) is 0 Å².